The number of alkyl halides is 3. The van der Waals surface area contributed by atoms with Crippen LogP contribution in [0, 0.1) is 6.92 Å². The minimum absolute atomic E-state index is 0.0107. The van der Waals surface area contributed by atoms with E-state index in [1.807, 2.05) is 17.9 Å². The molecule has 0 bridgehead atoms. The minimum Gasteiger partial charge on any atom is -0.496 e. The zero-order chi connectivity index (χ0) is 20.3. The smallest absolute Gasteiger partial charge is 0.417 e. The van der Waals surface area contributed by atoms with Gasteiger partial charge in [-0.25, -0.2) is 4.98 Å². The summed E-state index contributed by atoms with van der Waals surface area (Å²) in [7, 11) is 1.52. The van der Waals surface area contributed by atoms with E-state index in [0.717, 1.165) is 17.8 Å². The van der Waals surface area contributed by atoms with E-state index in [0.29, 0.717) is 43.1 Å². The first kappa shape index (κ1) is 20.0. The number of carbonyl (C=O) groups is 1. The maximum absolute atomic E-state index is 12.7. The van der Waals surface area contributed by atoms with Crippen LogP contribution in [0.1, 0.15) is 34.3 Å². The highest BCUT2D eigenvalue weighted by atomic mass is 19.4. The number of ether oxygens (including phenoxy) is 1. The zero-order valence-corrected chi connectivity index (χ0v) is 15.7. The number of nitrogens with one attached hydrogen (secondary N) is 1. The van der Waals surface area contributed by atoms with Crippen LogP contribution in [0.15, 0.2) is 36.5 Å². The van der Waals surface area contributed by atoms with Gasteiger partial charge in [0, 0.05) is 25.3 Å². The summed E-state index contributed by atoms with van der Waals surface area (Å²) in [6.45, 7) is 3.12. The van der Waals surface area contributed by atoms with Crippen molar-refractivity contribution in [2.75, 3.05) is 25.1 Å². The number of benzene rings is 1. The van der Waals surface area contributed by atoms with E-state index in [1.54, 1.807) is 12.1 Å². The summed E-state index contributed by atoms with van der Waals surface area (Å²) < 4.78 is 43.2. The lowest BCUT2D eigenvalue weighted by Crippen LogP contribution is -2.45. The molecule has 1 aliphatic heterocycles. The molecule has 1 amide bonds. The number of pyridine rings is 1. The second-order valence-electron chi connectivity index (χ2n) is 6.84. The van der Waals surface area contributed by atoms with Crippen molar-refractivity contribution in [3.8, 4) is 5.75 Å². The van der Waals surface area contributed by atoms with Crippen LogP contribution >= 0.6 is 0 Å². The summed E-state index contributed by atoms with van der Waals surface area (Å²) in [6.07, 6.45) is -2.17. The van der Waals surface area contributed by atoms with Gasteiger partial charge in [-0.3, -0.25) is 4.79 Å². The molecule has 8 heteroatoms. The Morgan fingerprint density at radius 1 is 1.21 bits per heavy atom. The summed E-state index contributed by atoms with van der Waals surface area (Å²) in [5, 5.41) is 3.02. The fraction of sp³-hybridized carbons (Fsp3) is 0.400. The number of amides is 1. The minimum atomic E-state index is -4.39. The molecule has 1 saturated heterocycles. The van der Waals surface area contributed by atoms with Gasteiger partial charge in [-0.1, -0.05) is 11.6 Å². The first-order valence-corrected chi connectivity index (χ1v) is 9.01. The fourth-order valence-electron chi connectivity index (χ4n) is 3.26. The lowest BCUT2D eigenvalue weighted by molar-refractivity contribution is -0.137. The molecule has 0 saturated carbocycles. The molecule has 3 rings (SSSR count). The summed E-state index contributed by atoms with van der Waals surface area (Å²) in [4.78, 5) is 18.5. The van der Waals surface area contributed by atoms with E-state index >= 15 is 0 Å². The van der Waals surface area contributed by atoms with E-state index in [9.17, 15) is 18.0 Å². The van der Waals surface area contributed by atoms with Crippen molar-refractivity contribution in [1.29, 1.82) is 0 Å². The number of aryl methyl sites for hydroxylation is 1. The predicted octanol–water partition coefficient (Wildman–Crippen LogP) is 3.82. The van der Waals surface area contributed by atoms with E-state index in [-0.39, 0.29) is 11.9 Å². The SMILES string of the molecule is COc1ccc(C)cc1C(=O)NC1CCN(c2ccc(C(F)(F)F)cn2)CC1. The lowest BCUT2D eigenvalue weighted by Gasteiger charge is -2.33. The molecule has 0 spiro atoms. The third-order valence-electron chi connectivity index (χ3n) is 4.83. The Balaban J connectivity index is 1.58. The number of halogens is 3. The van der Waals surface area contributed by atoms with Crippen molar-refractivity contribution < 1.29 is 22.7 Å². The Kier molecular flexibility index (Phi) is 5.76. The Bertz CT molecular complexity index is 830. The van der Waals surface area contributed by atoms with Crippen LogP contribution < -0.4 is 15.0 Å². The van der Waals surface area contributed by atoms with Crippen molar-refractivity contribution in [3.63, 3.8) is 0 Å². The maximum Gasteiger partial charge on any atom is 0.417 e. The molecule has 1 aliphatic rings. The van der Waals surface area contributed by atoms with Gasteiger partial charge in [0.1, 0.15) is 11.6 Å². The first-order chi connectivity index (χ1) is 13.3. The summed E-state index contributed by atoms with van der Waals surface area (Å²) in [6, 6.07) is 7.85. The molecule has 0 aliphatic carbocycles. The number of hydrogen-bond donors (Lipinski definition) is 1. The van der Waals surface area contributed by atoms with Crippen LogP contribution in [0.4, 0.5) is 19.0 Å². The van der Waals surface area contributed by atoms with Crippen LogP contribution in [0.3, 0.4) is 0 Å². The van der Waals surface area contributed by atoms with Gasteiger partial charge in [0.05, 0.1) is 18.2 Å². The van der Waals surface area contributed by atoms with Gasteiger partial charge in [0.2, 0.25) is 0 Å². The number of methoxy groups -OCH3 is 1. The van der Waals surface area contributed by atoms with Crippen molar-refractivity contribution in [3.05, 3.63) is 53.2 Å². The standard InChI is InChI=1S/C20H22F3N3O2/c1-13-3-5-17(28-2)16(11-13)19(27)25-15-7-9-26(10-8-15)18-6-4-14(12-24-18)20(21,22)23/h3-6,11-12,15H,7-10H2,1-2H3,(H,25,27). The molecule has 0 unspecified atom stereocenters. The van der Waals surface area contributed by atoms with Crippen molar-refractivity contribution in [1.82, 2.24) is 10.3 Å². The maximum atomic E-state index is 12.7. The topological polar surface area (TPSA) is 54.5 Å². The first-order valence-electron chi connectivity index (χ1n) is 9.01. The summed E-state index contributed by atoms with van der Waals surface area (Å²) in [5.41, 5.74) is 0.703. The van der Waals surface area contributed by atoms with Crippen LogP contribution in [0.2, 0.25) is 0 Å². The van der Waals surface area contributed by atoms with Crippen LogP contribution in [-0.2, 0) is 6.18 Å². The van der Waals surface area contributed by atoms with Gasteiger partial charge in [0.25, 0.3) is 5.91 Å². The van der Waals surface area contributed by atoms with Gasteiger partial charge in [-0.2, -0.15) is 13.2 Å². The second kappa shape index (κ2) is 8.08. The molecular weight excluding hydrogens is 371 g/mol. The molecule has 28 heavy (non-hydrogen) atoms. The molecule has 1 aromatic heterocycles. The fourth-order valence-corrected chi connectivity index (χ4v) is 3.26. The van der Waals surface area contributed by atoms with E-state index in [1.165, 1.54) is 13.2 Å². The van der Waals surface area contributed by atoms with E-state index in [2.05, 4.69) is 10.3 Å². The highest BCUT2D eigenvalue weighted by Crippen LogP contribution is 2.30. The molecular formula is C20H22F3N3O2. The molecule has 1 N–H and O–H groups in total. The second-order valence-corrected chi connectivity index (χ2v) is 6.84. The highest BCUT2D eigenvalue weighted by molar-refractivity contribution is 5.97. The molecule has 150 valence electrons. The number of anilines is 1. The van der Waals surface area contributed by atoms with E-state index in [4.69, 9.17) is 4.74 Å². The molecule has 5 nitrogen and oxygen atoms in total. The largest absolute Gasteiger partial charge is 0.496 e. The number of carbonyl (C=O) groups excluding carboxylic acids is 1. The van der Waals surface area contributed by atoms with Crippen LogP contribution in [-0.4, -0.2) is 37.1 Å². The third-order valence-corrected chi connectivity index (χ3v) is 4.83. The Labute approximate surface area is 161 Å². The summed E-state index contributed by atoms with van der Waals surface area (Å²) in [5.74, 6) is 0.847. The predicted molar refractivity (Wildman–Crippen MR) is 99.7 cm³/mol. The molecule has 1 aromatic carbocycles. The lowest BCUT2D eigenvalue weighted by atomic mass is 10.0. The Morgan fingerprint density at radius 2 is 1.93 bits per heavy atom. The van der Waals surface area contributed by atoms with Crippen molar-refractivity contribution in [2.24, 2.45) is 0 Å². The Hall–Kier alpha value is -2.77. The number of aromatic nitrogens is 1. The monoisotopic (exact) mass is 393 g/mol. The highest BCUT2D eigenvalue weighted by Gasteiger charge is 2.31. The van der Waals surface area contributed by atoms with Crippen molar-refractivity contribution >= 4 is 11.7 Å². The van der Waals surface area contributed by atoms with Gasteiger partial charge in [0.15, 0.2) is 0 Å². The van der Waals surface area contributed by atoms with Gasteiger partial charge in [-0.05, 0) is 44.0 Å². The number of hydrogen-bond acceptors (Lipinski definition) is 4. The number of piperidine rings is 1. The molecule has 2 heterocycles. The number of rotatable bonds is 4. The van der Waals surface area contributed by atoms with Crippen LogP contribution in [0.25, 0.3) is 0 Å². The molecule has 1 fully saturated rings. The summed E-state index contributed by atoms with van der Waals surface area (Å²) >= 11 is 0. The third kappa shape index (κ3) is 4.55. The van der Waals surface area contributed by atoms with Gasteiger partial charge >= 0.3 is 6.18 Å². The van der Waals surface area contributed by atoms with Gasteiger partial charge in [-0.15, -0.1) is 0 Å². The normalized spacial score (nSPS) is 15.4. The van der Waals surface area contributed by atoms with Gasteiger partial charge < -0.3 is 15.0 Å². The molecule has 0 atom stereocenters. The Morgan fingerprint density at radius 3 is 2.50 bits per heavy atom. The van der Waals surface area contributed by atoms with Crippen molar-refractivity contribution in [2.45, 2.75) is 32.0 Å². The average molecular weight is 393 g/mol. The quantitative estimate of drug-likeness (QED) is 0.858. The van der Waals surface area contributed by atoms with Crippen LogP contribution in [0.5, 0.6) is 5.75 Å². The number of nitrogens with zero attached hydrogens (tertiary/aromatic N) is 2. The average Bonchev–Trinajstić information content (AvgIpc) is 2.68. The molecule has 2 aromatic rings. The van der Waals surface area contributed by atoms with E-state index < -0.39 is 11.7 Å². The molecule has 0 radical (unpaired) electrons. The zero-order valence-electron chi connectivity index (χ0n) is 15.7.